The molecule has 4 rings (SSSR count). The first-order valence-corrected chi connectivity index (χ1v) is 11.2. The Morgan fingerprint density at radius 2 is 2.07 bits per heavy atom. The number of fused-ring (bicyclic) bond motifs is 1. The Labute approximate surface area is 184 Å². The number of hydrogen-bond donors (Lipinski definition) is 1. The second kappa shape index (κ2) is 8.68. The van der Waals surface area contributed by atoms with Crippen LogP contribution in [0.15, 0.2) is 23.5 Å². The number of nitriles is 1. The van der Waals surface area contributed by atoms with Crippen LogP contribution in [-0.2, 0) is 11.8 Å². The molecule has 1 fully saturated rings. The lowest BCUT2D eigenvalue weighted by molar-refractivity contribution is 0.122. The number of thioether (sulfide) groups is 1. The first kappa shape index (κ1) is 20.7. The number of anilines is 2. The Bertz CT molecular complexity index is 1120. The van der Waals surface area contributed by atoms with Crippen molar-refractivity contribution in [3.05, 3.63) is 34.7 Å². The summed E-state index contributed by atoms with van der Waals surface area (Å²) in [7, 11) is 2.01. The van der Waals surface area contributed by atoms with Crippen LogP contribution in [0.5, 0.6) is 0 Å². The molecular weight excluding hydrogens is 422 g/mol. The molecule has 156 valence electrons. The average Bonchev–Trinajstić information content (AvgIpc) is 3.13. The minimum Gasteiger partial charge on any atom is -0.378 e. The first-order valence-electron chi connectivity index (χ1n) is 9.58. The first-order chi connectivity index (χ1) is 14.5. The van der Waals surface area contributed by atoms with Crippen LogP contribution in [0.1, 0.15) is 24.2 Å². The number of morpholine rings is 1. The van der Waals surface area contributed by atoms with Gasteiger partial charge in [0.1, 0.15) is 11.6 Å². The smallest absolute Gasteiger partial charge is 0.190 e. The van der Waals surface area contributed by atoms with Crippen LogP contribution in [0, 0.1) is 11.3 Å². The van der Waals surface area contributed by atoms with Crippen LogP contribution >= 0.6 is 23.4 Å². The molecule has 3 aromatic rings. The van der Waals surface area contributed by atoms with Crippen LogP contribution < -0.4 is 10.2 Å². The molecule has 0 aromatic carbocycles. The highest BCUT2D eigenvalue weighted by atomic mass is 35.5. The summed E-state index contributed by atoms with van der Waals surface area (Å²) in [4.78, 5) is 15.9. The van der Waals surface area contributed by atoms with Gasteiger partial charge in [0.2, 0.25) is 0 Å². The van der Waals surface area contributed by atoms with Crippen LogP contribution in [0.4, 0.5) is 11.5 Å². The van der Waals surface area contributed by atoms with Crippen molar-refractivity contribution >= 4 is 45.9 Å². The van der Waals surface area contributed by atoms with E-state index in [0.717, 1.165) is 35.5 Å². The monoisotopic (exact) mass is 443 g/mol. The quantitative estimate of drug-likeness (QED) is 0.363. The lowest BCUT2D eigenvalue weighted by Crippen LogP contribution is -2.37. The predicted molar refractivity (Wildman–Crippen MR) is 119 cm³/mol. The van der Waals surface area contributed by atoms with Gasteiger partial charge >= 0.3 is 0 Å². The van der Waals surface area contributed by atoms with Gasteiger partial charge in [0, 0.05) is 26.3 Å². The maximum absolute atomic E-state index is 9.55. The number of halogens is 1. The minimum atomic E-state index is -0.208. The largest absolute Gasteiger partial charge is 0.378 e. The molecule has 1 unspecified atom stereocenters. The van der Waals surface area contributed by atoms with Gasteiger partial charge in [-0.25, -0.2) is 15.0 Å². The standard InChI is InChI=1S/C20H22ClN7OS/c1-12(23-19-13(11-22)18(21)25-20(26-19)30-3)17-16(28-6-8-29-9-7-28)10-15-14(24-17)4-5-27(15)2/h4-5,10,12H,6-9H2,1-3H3,(H,23,25,26). The second-order valence-corrected chi connectivity index (χ2v) is 8.16. The van der Waals surface area contributed by atoms with E-state index in [9.17, 15) is 5.26 Å². The number of nitrogens with zero attached hydrogens (tertiary/aromatic N) is 6. The van der Waals surface area contributed by atoms with Gasteiger partial charge in [-0.3, -0.25) is 0 Å². The highest BCUT2D eigenvalue weighted by Crippen LogP contribution is 2.33. The Hall–Kier alpha value is -2.54. The number of ether oxygens (including phenoxy) is 1. The van der Waals surface area contributed by atoms with Gasteiger partial charge in [0.05, 0.1) is 41.7 Å². The fourth-order valence-corrected chi connectivity index (χ4v) is 4.18. The summed E-state index contributed by atoms with van der Waals surface area (Å²) in [5.74, 6) is 0.414. The molecule has 8 nitrogen and oxygen atoms in total. The SMILES string of the molecule is CSc1nc(Cl)c(C#N)c(NC(C)c2nc3ccn(C)c3cc2N2CCOCC2)n1. The number of aryl methyl sites for hydroxylation is 1. The van der Waals surface area contributed by atoms with Crippen molar-refractivity contribution in [2.45, 2.75) is 18.1 Å². The molecule has 1 aliphatic rings. The van der Waals surface area contributed by atoms with Gasteiger partial charge in [-0.2, -0.15) is 5.26 Å². The fourth-order valence-electron chi connectivity index (χ4n) is 3.55. The molecule has 0 spiro atoms. The zero-order valence-corrected chi connectivity index (χ0v) is 18.6. The summed E-state index contributed by atoms with van der Waals surface area (Å²) in [6.45, 7) is 4.98. The van der Waals surface area contributed by atoms with E-state index in [1.165, 1.54) is 11.8 Å². The summed E-state index contributed by atoms with van der Waals surface area (Å²) >= 11 is 7.58. The highest BCUT2D eigenvalue weighted by Gasteiger charge is 2.23. The third-order valence-electron chi connectivity index (χ3n) is 5.13. The molecule has 1 aliphatic heterocycles. The zero-order chi connectivity index (χ0) is 21.3. The summed E-state index contributed by atoms with van der Waals surface area (Å²) in [6, 6.07) is 6.07. The van der Waals surface area contributed by atoms with Gasteiger partial charge in [-0.1, -0.05) is 23.4 Å². The molecule has 30 heavy (non-hydrogen) atoms. The Balaban J connectivity index is 1.77. The van der Waals surface area contributed by atoms with Crippen molar-refractivity contribution in [3.8, 4) is 6.07 Å². The van der Waals surface area contributed by atoms with Gasteiger partial charge in [-0.15, -0.1) is 0 Å². The minimum absolute atomic E-state index is 0.145. The van der Waals surface area contributed by atoms with Gasteiger partial charge < -0.3 is 19.5 Å². The second-order valence-electron chi connectivity index (χ2n) is 7.03. The van der Waals surface area contributed by atoms with Crippen LogP contribution in [0.2, 0.25) is 5.15 Å². The molecule has 4 heterocycles. The van der Waals surface area contributed by atoms with Crippen LogP contribution in [0.3, 0.4) is 0 Å². The third kappa shape index (κ3) is 3.90. The Kier molecular flexibility index (Phi) is 5.99. The highest BCUT2D eigenvalue weighted by molar-refractivity contribution is 7.98. The van der Waals surface area contributed by atoms with Crippen molar-refractivity contribution in [3.63, 3.8) is 0 Å². The van der Waals surface area contributed by atoms with Crippen LogP contribution in [0.25, 0.3) is 11.0 Å². The van der Waals surface area contributed by atoms with Crippen molar-refractivity contribution in [2.24, 2.45) is 7.05 Å². The summed E-state index contributed by atoms with van der Waals surface area (Å²) < 4.78 is 7.60. The molecule has 0 amide bonds. The van der Waals surface area contributed by atoms with Crippen molar-refractivity contribution in [1.29, 1.82) is 5.26 Å². The molecule has 0 radical (unpaired) electrons. The van der Waals surface area contributed by atoms with E-state index >= 15 is 0 Å². The van der Waals surface area contributed by atoms with Crippen molar-refractivity contribution in [1.82, 2.24) is 19.5 Å². The van der Waals surface area contributed by atoms with Gasteiger partial charge in [-0.05, 0) is 25.3 Å². The van der Waals surface area contributed by atoms with E-state index in [1.807, 2.05) is 32.5 Å². The molecule has 1 N–H and O–H groups in total. The molecule has 0 saturated carbocycles. The summed E-state index contributed by atoms with van der Waals surface area (Å²) in [6.07, 6.45) is 3.87. The number of pyridine rings is 1. The number of hydrogen-bond acceptors (Lipinski definition) is 8. The number of rotatable bonds is 5. The maximum Gasteiger partial charge on any atom is 0.190 e. The summed E-state index contributed by atoms with van der Waals surface area (Å²) in [5.41, 5.74) is 4.16. The maximum atomic E-state index is 9.55. The lowest BCUT2D eigenvalue weighted by Gasteiger charge is -2.31. The number of aromatic nitrogens is 4. The van der Waals surface area contributed by atoms with E-state index in [1.54, 1.807) is 0 Å². The van der Waals surface area contributed by atoms with Gasteiger partial charge in [0.25, 0.3) is 0 Å². The molecule has 1 saturated heterocycles. The fraction of sp³-hybridized carbons (Fsp3) is 0.400. The third-order valence-corrected chi connectivity index (χ3v) is 5.95. The Morgan fingerprint density at radius 1 is 1.30 bits per heavy atom. The van der Waals surface area contributed by atoms with Gasteiger partial charge in [0.15, 0.2) is 16.1 Å². The molecule has 1 atom stereocenters. The van der Waals surface area contributed by atoms with Crippen molar-refractivity contribution in [2.75, 3.05) is 42.8 Å². The molecule has 0 aliphatic carbocycles. The topological polar surface area (TPSA) is 91.9 Å². The van der Waals surface area contributed by atoms with E-state index in [-0.39, 0.29) is 16.8 Å². The van der Waals surface area contributed by atoms with E-state index < -0.39 is 0 Å². The van der Waals surface area contributed by atoms with E-state index in [2.05, 4.69) is 36.9 Å². The van der Waals surface area contributed by atoms with Crippen molar-refractivity contribution < 1.29 is 4.74 Å². The Morgan fingerprint density at radius 3 is 2.77 bits per heavy atom. The molecular formula is C20H22ClN7OS. The van der Waals surface area contributed by atoms with E-state index in [4.69, 9.17) is 21.3 Å². The summed E-state index contributed by atoms with van der Waals surface area (Å²) in [5, 5.41) is 13.5. The zero-order valence-electron chi connectivity index (χ0n) is 17.0. The molecule has 3 aromatic heterocycles. The lowest BCUT2D eigenvalue weighted by atomic mass is 10.1. The normalized spacial score (nSPS) is 15.2. The average molecular weight is 444 g/mol. The molecule has 10 heteroatoms. The molecule has 0 bridgehead atoms. The predicted octanol–water partition coefficient (Wildman–Crippen LogP) is 3.62. The number of nitrogens with one attached hydrogen (secondary N) is 1. The van der Waals surface area contributed by atoms with Crippen LogP contribution in [-0.4, -0.2) is 52.1 Å². The van der Waals surface area contributed by atoms with E-state index in [0.29, 0.717) is 24.2 Å².